The lowest BCUT2D eigenvalue weighted by Crippen LogP contribution is -2.47. The van der Waals surface area contributed by atoms with E-state index in [0.29, 0.717) is 13.1 Å². The fraction of sp³-hybridized carbons (Fsp3) is 0.207. The molecule has 0 saturated heterocycles. The fourth-order valence-corrected chi connectivity index (χ4v) is 5.58. The summed E-state index contributed by atoms with van der Waals surface area (Å²) >= 11 is 0. The molecule has 0 unspecified atom stereocenters. The second-order valence-electron chi connectivity index (χ2n) is 8.92. The van der Waals surface area contributed by atoms with Crippen LogP contribution in [0, 0.1) is 45.3 Å². The van der Waals surface area contributed by atoms with Gasteiger partial charge in [-0.15, -0.1) is 0 Å². The molecule has 0 spiro atoms. The molecule has 2 aliphatic rings. The van der Waals surface area contributed by atoms with Crippen molar-refractivity contribution < 1.29 is 0 Å². The van der Waals surface area contributed by atoms with Gasteiger partial charge in [-0.2, -0.15) is 15.8 Å². The zero-order valence-corrected chi connectivity index (χ0v) is 18.6. The molecule has 0 bridgehead atoms. The molecule has 0 saturated carbocycles. The van der Waals surface area contributed by atoms with Crippen LogP contribution in [0.2, 0.25) is 0 Å². The number of hydrogen-bond donors (Lipinski definition) is 1. The van der Waals surface area contributed by atoms with Crippen molar-refractivity contribution in [2.45, 2.75) is 12.5 Å². The van der Waals surface area contributed by atoms with Gasteiger partial charge in [-0.05, 0) is 27.5 Å². The lowest BCUT2D eigenvalue weighted by atomic mass is 9.57. The summed E-state index contributed by atoms with van der Waals surface area (Å²) in [5, 5.41) is 32.8. The zero-order chi connectivity index (χ0) is 23.7. The number of nitrogens with two attached hydrogens (primary N) is 1. The minimum absolute atomic E-state index is 0.0666. The number of nitriles is 3. The summed E-state index contributed by atoms with van der Waals surface area (Å²) in [5.74, 6) is -0.722. The Hall–Kier alpha value is -4.37. The average molecular weight is 442 g/mol. The molecule has 34 heavy (non-hydrogen) atoms. The van der Waals surface area contributed by atoms with Gasteiger partial charge in [-0.1, -0.05) is 78.9 Å². The Bertz CT molecular complexity index is 1430. The van der Waals surface area contributed by atoms with E-state index >= 15 is 0 Å². The Balaban J connectivity index is 1.71. The quantitative estimate of drug-likeness (QED) is 0.631. The number of fused-ring (bicyclic) bond motifs is 2. The van der Waals surface area contributed by atoms with Crippen LogP contribution in [-0.4, -0.2) is 18.0 Å². The molecular weight excluding hydrogens is 418 g/mol. The van der Waals surface area contributed by atoms with Gasteiger partial charge in [0.1, 0.15) is 6.07 Å². The molecule has 5 rings (SSSR count). The molecule has 2 N–H and O–H groups in total. The second-order valence-corrected chi connectivity index (χ2v) is 8.92. The Morgan fingerprint density at radius 3 is 2.35 bits per heavy atom. The highest BCUT2D eigenvalue weighted by Gasteiger charge is 2.54. The number of allylic oxidation sites excluding steroid dienone is 2. The normalized spacial score (nSPS) is 21.6. The molecule has 1 aliphatic carbocycles. The van der Waals surface area contributed by atoms with Gasteiger partial charge >= 0.3 is 0 Å². The molecule has 0 amide bonds. The Labute approximate surface area is 199 Å². The summed E-state index contributed by atoms with van der Waals surface area (Å²) in [6, 6.07) is 30.9. The molecule has 5 nitrogen and oxygen atoms in total. The highest BCUT2D eigenvalue weighted by Crippen LogP contribution is 2.55. The number of rotatable bonds is 3. The number of nitrogens with zero attached hydrogens (tertiary/aromatic N) is 4. The number of benzene rings is 3. The zero-order valence-electron chi connectivity index (χ0n) is 18.6. The van der Waals surface area contributed by atoms with Crippen LogP contribution in [0.4, 0.5) is 0 Å². The van der Waals surface area contributed by atoms with Crippen LogP contribution >= 0.6 is 0 Å². The summed E-state index contributed by atoms with van der Waals surface area (Å²) < 4.78 is 0. The first kappa shape index (κ1) is 21.5. The standard InChI is InChI=1S/C29H23N5/c30-15-25-23-13-14-34(16-20-7-2-1-3-8-20)17-26(23)27(29(18-31,19-32)28(25)33)24-12-6-10-21-9-4-5-11-22(21)24/h1-13,26-27H,14,16-17,33H2/t26-,27-/m0/s1. The van der Waals surface area contributed by atoms with Crippen molar-refractivity contribution in [3.8, 4) is 18.2 Å². The van der Waals surface area contributed by atoms with E-state index in [4.69, 9.17) is 5.73 Å². The second kappa shape index (κ2) is 8.53. The van der Waals surface area contributed by atoms with E-state index in [0.717, 1.165) is 28.5 Å². The SMILES string of the molecule is N#CC1=C(N)C(C#N)(C#N)[C@@H](c2cccc3ccccc23)[C@H]2CN(Cc3ccccc3)CC=C12. The van der Waals surface area contributed by atoms with Gasteiger partial charge in [-0.3, -0.25) is 4.90 Å². The molecule has 1 heterocycles. The van der Waals surface area contributed by atoms with E-state index in [1.165, 1.54) is 5.56 Å². The van der Waals surface area contributed by atoms with Crippen LogP contribution in [0.25, 0.3) is 10.8 Å². The number of hydrogen-bond acceptors (Lipinski definition) is 5. The molecule has 0 aromatic heterocycles. The minimum Gasteiger partial charge on any atom is -0.399 e. The van der Waals surface area contributed by atoms with Crippen LogP contribution in [0.3, 0.4) is 0 Å². The topological polar surface area (TPSA) is 101 Å². The Morgan fingerprint density at radius 2 is 1.62 bits per heavy atom. The van der Waals surface area contributed by atoms with Gasteiger partial charge in [0.05, 0.1) is 23.4 Å². The van der Waals surface area contributed by atoms with Crippen molar-refractivity contribution in [2.24, 2.45) is 17.1 Å². The van der Waals surface area contributed by atoms with E-state index in [-0.39, 0.29) is 17.2 Å². The molecule has 0 fully saturated rings. The maximum atomic E-state index is 10.4. The molecule has 0 radical (unpaired) electrons. The summed E-state index contributed by atoms with van der Waals surface area (Å²) in [6.07, 6.45) is 2.05. The summed E-state index contributed by atoms with van der Waals surface area (Å²) in [5.41, 5.74) is 8.16. The van der Waals surface area contributed by atoms with E-state index in [9.17, 15) is 15.8 Å². The van der Waals surface area contributed by atoms with Gasteiger partial charge in [0.25, 0.3) is 0 Å². The van der Waals surface area contributed by atoms with E-state index < -0.39 is 11.3 Å². The van der Waals surface area contributed by atoms with Gasteiger partial charge in [0, 0.05) is 31.5 Å². The van der Waals surface area contributed by atoms with Gasteiger partial charge in [-0.25, -0.2) is 0 Å². The van der Waals surface area contributed by atoms with E-state index in [1.807, 2.05) is 60.7 Å². The third-order valence-corrected chi connectivity index (χ3v) is 7.15. The smallest absolute Gasteiger partial charge is 0.191 e. The van der Waals surface area contributed by atoms with Gasteiger partial charge < -0.3 is 5.73 Å². The van der Waals surface area contributed by atoms with Gasteiger partial charge in [0.15, 0.2) is 5.41 Å². The monoisotopic (exact) mass is 441 g/mol. The van der Waals surface area contributed by atoms with Crippen LogP contribution in [0.5, 0.6) is 0 Å². The van der Waals surface area contributed by atoms with Gasteiger partial charge in [0.2, 0.25) is 0 Å². The highest BCUT2D eigenvalue weighted by atomic mass is 15.1. The van der Waals surface area contributed by atoms with Crippen LogP contribution < -0.4 is 5.73 Å². The first-order valence-electron chi connectivity index (χ1n) is 11.3. The average Bonchev–Trinajstić information content (AvgIpc) is 2.89. The minimum atomic E-state index is -1.63. The first-order valence-corrected chi connectivity index (χ1v) is 11.3. The van der Waals surface area contributed by atoms with Crippen molar-refractivity contribution >= 4 is 10.8 Å². The molecular formula is C29H23N5. The van der Waals surface area contributed by atoms with Crippen molar-refractivity contribution in [3.05, 3.63) is 107 Å². The lowest BCUT2D eigenvalue weighted by Gasteiger charge is -2.46. The van der Waals surface area contributed by atoms with Crippen LogP contribution in [-0.2, 0) is 6.54 Å². The molecule has 1 aliphatic heterocycles. The van der Waals surface area contributed by atoms with Crippen molar-refractivity contribution in [2.75, 3.05) is 13.1 Å². The van der Waals surface area contributed by atoms with E-state index in [1.54, 1.807) is 0 Å². The molecule has 164 valence electrons. The molecule has 3 aromatic rings. The third-order valence-electron chi connectivity index (χ3n) is 7.15. The summed E-state index contributed by atoms with van der Waals surface area (Å²) in [7, 11) is 0. The molecule has 5 heteroatoms. The van der Waals surface area contributed by atoms with Crippen LogP contribution in [0.1, 0.15) is 17.0 Å². The Kier molecular flexibility index (Phi) is 5.39. The summed E-state index contributed by atoms with van der Waals surface area (Å²) in [6.45, 7) is 2.04. The molecule has 3 aromatic carbocycles. The predicted octanol–water partition coefficient (Wildman–Crippen LogP) is 4.77. The highest BCUT2D eigenvalue weighted by molar-refractivity contribution is 5.87. The lowest BCUT2D eigenvalue weighted by molar-refractivity contribution is 0.201. The van der Waals surface area contributed by atoms with Crippen LogP contribution in [0.15, 0.2) is 95.7 Å². The molecule has 2 atom stereocenters. The van der Waals surface area contributed by atoms with E-state index in [2.05, 4.69) is 41.3 Å². The third kappa shape index (κ3) is 3.25. The Morgan fingerprint density at radius 1 is 0.912 bits per heavy atom. The summed E-state index contributed by atoms with van der Waals surface area (Å²) in [4.78, 5) is 2.30. The predicted molar refractivity (Wildman–Crippen MR) is 130 cm³/mol. The van der Waals surface area contributed by atoms with Crippen molar-refractivity contribution in [3.63, 3.8) is 0 Å². The van der Waals surface area contributed by atoms with Crippen molar-refractivity contribution in [1.29, 1.82) is 15.8 Å². The maximum Gasteiger partial charge on any atom is 0.191 e. The first-order chi connectivity index (χ1) is 16.6. The van der Waals surface area contributed by atoms with Crippen molar-refractivity contribution in [1.82, 2.24) is 4.90 Å². The fourth-order valence-electron chi connectivity index (χ4n) is 5.58. The largest absolute Gasteiger partial charge is 0.399 e. The maximum absolute atomic E-state index is 10.4.